The summed E-state index contributed by atoms with van der Waals surface area (Å²) in [5.41, 5.74) is 4.00. The van der Waals surface area contributed by atoms with Gasteiger partial charge in [0.05, 0.1) is 23.3 Å². The Labute approximate surface area is 148 Å². The Bertz CT molecular complexity index is 783. The second-order valence-corrected chi connectivity index (χ2v) is 6.68. The van der Waals surface area contributed by atoms with Crippen molar-refractivity contribution in [3.8, 4) is 11.8 Å². The minimum absolute atomic E-state index is 0.106. The Kier molecular flexibility index (Phi) is 6.00. The minimum atomic E-state index is -0.367. The molecular weight excluding hydrogens is 314 g/mol. The van der Waals surface area contributed by atoms with Gasteiger partial charge in [-0.25, -0.2) is 0 Å². The molecule has 0 saturated heterocycles. The summed E-state index contributed by atoms with van der Waals surface area (Å²) in [6.07, 6.45) is 0.290. The molecule has 2 unspecified atom stereocenters. The SMILES string of the molecule is Cc1cc(C(=O)NCC(C)CC(C)O)c(C)n1-c1ccc(C#N)cc1. The molecule has 2 atom stereocenters. The predicted octanol–water partition coefficient (Wildman–Crippen LogP) is 3.10. The normalized spacial score (nSPS) is 13.1. The second-order valence-electron chi connectivity index (χ2n) is 6.68. The number of aryl methyl sites for hydroxylation is 1. The molecule has 0 aliphatic rings. The largest absolute Gasteiger partial charge is 0.393 e. The van der Waals surface area contributed by atoms with Crippen molar-refractivity contribution in [3.63, 3.8) is 0 Å². The number of benzene rings is 1. The maximum absolute atomic E-state index is 12.5. The average molecular weight is 339 g/mol. The third-order valence-corrected chi connectivity index (χ3v) is 4.28. The first-order valence-corrected chi connectivity index (χ1v) is 8.49. The number of hydrogen-bond donors (Lipinski definition) is 2. The number of aromatic nitrogens is 1. The number of aliphatic hydroxyl groups is 1. The van der Waals surface area contributed by atoms with E-state index in [-0.39, 0.29) is 17.9 Å². The number of nitrogens with one attached hydrogen (secondary N) is 1. The molecule has 5 nitrogen and oxygen atoms in total. The van der Waals surface area contributed by atoms with Crippen molar-refractivity contribution in [2.75, 3.05) is 6.54 Å². The summed E-state index contributed by atoms with van der Waals surface area (Å²) in [5, 5.41) is 21.3. The van der Waals surface area contributed by atoms with E-state index in [4.69, 9.17) is 5.26 Å². The molecule has 0 fully saturated rings. The van der Waals surface area contributed by atoms with Gasteiger partial charge in [0.25, 0.3) is 5.91 Å². The zero-order chi connectivity index (χ0) is 18.6. The van der Waals surface area contributed by atoms with Crippen molar-refractivity contribution in [3.05, 3.63) is 52.8 Å². The number of nitrogens with zero attached hydrogens (tertiary/aromatic N) is 2. The summed E-state index contributed by atoms with van der Waals surface area (Å²) in [6, 6.07) is 11.3. The Morgan fingerprint density at radius 3 is 2.48 bits per heavy atom. The van der Waals surface area contributed by atoms with Crippen LogP contribution in [0.4, 0.5) is 0 Å². The van der Waals surface area contributed by atoms with Crippen molar-refractivity contribution in [2.24, 2.45) is 5.92 Å². The molecule has 1 amide bonds. The fraction of sp³-hybridized carbons (Fsp3) is 0.400. The number of amides is 1. The van der Waals surface area contributed by atoms with Crippen LogP contribution < -0.4 is 5.32 Å². The van der Waals surface area contributed by atoms with Crippen LogP contribution in [0, 0.1) is 31.1 Å². The van der Waals surface area contributed by atoms with Crippen molar-refractivity contribution < 1.29 is 9.90 Å². The number of aliphatic hydroxyl groups excluding tert-OH is 1. The van der Waals surface area contributed by atoms with Crippen LogP contribution in [0.3, 0.4) is 0 Å². The number of hydrogen-bond acceptors (Lipinski definition) is 3. The molecule has 0 aliphatic carbocycles. The molecule has 5 heteroatoms. The first kappa shape index (κ1) is 18.8. The average Bonchev–Trinajstić information content (AvgIpc) is 2.87. The lowest BCUT2D eigenvalue weighted by Gasteiger charge is -2.14. The molecule has 25 heavy (non-hydrogen) atoms. The number of rotatable bonds is 6. The monoisotopic (exact) mass is 339 g/mol. The molecule has 0 saturated carbocycles. The zero-order valence-corrected chi connectivity index (χ0v) is 15.2. The van der Waals surface area contributed by atoms with Gasteiger partial charge in [0, 0.05) is 23.6 Å². The predicted molar refractivity (Wildman–Crippen MR) is 97.8 cm³/mol. The molecule has 0 bridgehead atoms. The summed E-state index contributed by atoms with van der Waals surface area (Å²) in [5.74, 6) is 0.108. The van der Waals surface area contributed by atoms with Crippen LogP contribution in [0.2, 0.25) is 0 Å². The molecule has 2 rings (SSSR count). The summed E-state index contributed by atoms with van der Waals surface area (Å²) in [7, 11) is 0. The third kappa shape index (κ3) is 4.49. The van der Waals surface area contributed by atoms with Gasteiger partial charge < -0.3 is 15.0 Å². The fourth-order valence-electron chi connectivity index (χ4n) is 3.10. The number of carbonyl (C=O) groups is 1. The number of carbonyl (C=O) groups excluding carboxylic acids is 1. The third-order valence-electron chi connectivity index (χ3n) is 4.28. The quantitative estimate of drug-likeness (QED) is 0.849. The molecule has 1 heterocycles. The van der Waals surface area contributed by atoms with Crippen LogP contribution in [0.1, 0.15) is 47.6 Å². The first-order chi connectivity index (χ1) is 11.8. The van der Waals surface area contributed by atoms with Gasteiger partial charge in [0.1, 0.15) is 0 Å². The van der Waals surface area contributed by atoms with Crippen molar-refractivity contribution >= 4 is 5.91 Å². The molecule has 0 radical (unpaired) electrons. The molecule has 1 aromatic heterocycles. The maximum Gasteiger partial charge on any atom is 0.253 e. The van der Waals surface area contributed by atoms with Crippen LogP contribution in [0.15, 0.2) is 30.3 Å². The van der Waals surface area contributed by atoms with Crippen molar-refractivity contribution in [1.82, 2.24) is 9.88 Å². The van der Waals surface area contributed by atoms with Crippen LogP contribution in [0.25, 0.3) is 5.69 Å². The van der Waals surface area contributed by atoms with Gasteiger partial charge in [-0.2, -0.15) is 5.26 Å². The second kappa shape index (κ2) is 8.00. The highest BCUT2D eigenvalue weighted by Gasteiger charge is 2.17. The summed E-state index contributed by atoms with van der Waals surface area (Å²) in [6.45, 7) is 8.16. The van der Waals surface area contributed by atoms with E-state index >= 15 is 0 Å². The summed E-state index contributed by atoms with van der Waals surface area (Å²) < 4.78 is 2.01. The van der Waals surface area contributed by atoms with E-state index in [1.165, 1.54) is 0 Å². The topological polar surface area (TPSA) is 78.0 Å². The van der Waals surface area contributed by atoms with Crippen LogP contribution in [0.5, 0.6) is 0 Å². The Morgan fingerprint density at radius 2 is 1.92 bits per heavy atom. The highest BCUT2D eigenvalue weighted by Crippen LogP contribution is 2.21. The molecule has 0 spiro atoms. The van der Waals surface area contributed by atoms with Crippen molar-refractivity contribution in [2.45, 2.75) is 40.2 Å². The Balaban J connectivity index is 2.18. The highest BCUT2D eigenvalue weighted by molar-refractivity contribution is 5.95. The van der Waals surface area contributed by atoms with Crippen LogP contribution in [-0.2, 0) is 0 Å². The van der Waals surface area contributed by atoms with Gasteiger partial charge >= 0.3 is 0 Å². The minimum Gasteiger partial charge on any atom is -0.393 e. The van der Waals surface area contributed by atoms with E-state index in [0.29, 0.717) is 24.1 Å². The lowest BCUT2D eigenvalue weighted by atomic mass is 10.0. The smallest absolute Gasteiger partial charge is 0.253 e. The maximum atomic E-state index is 12.5. The Hall–Kier alpha value is -2.58. The molecular formula is C20H25N3O2. The Morgan fingerprint density at radius 1 is 1.28 bits per heavy atom. The van der Waals surface area contributed by atoms with Gasteiger partial charge in [-0.3, -0.25) is 4.79 Å². The van der Waals surface area contributed by atoms with E-state index in [9.17, 15) is 9.90 Å². The lowest BCUT2D eigenvalue weighted by Crippen LogP contribution is -2.29. The summed E-state index contributed by atoms with van der Waals surface area (Å²) in [4.78, 5) is 12.5. The molecule has 0 aliphatic heterocycles. The van der Waals surface area contributed by atoms with Crippen LogP contribution in [-0.4, -0.2) is 28.2 Å². The van der Waals surface area contributed by atoms with Gasteiger partial charge in [0.2, 0.25) is 0 Å². The molecule has 132 valence electrons. The van der Waals surface area contributed by atoms with Gasteiger partial charge in [-0.15, -0.1) is 0 Å². The lowest BCUT2D eigenvalue weighted by molar-refractivity contribution is 0.0939. The molecule has 1 aromatic carbocycles. The van der Waals surface area contributed by atoms with Gasteiger partial charge in [0.15, 0.2) is 0 Å². The first-order valence-electron chi connectivity index (χ1n) is 8.49. The standard InChI is InChI=1S/C20H25N3O2/c1-13(9-15(3)24)12-22-20(25)19-10-14(2)23(16(19)4)18-7-5-17(11-21)6-8-18/h5-8,10,13,15,24H,9,12H2,1-4H3,(H,22,25). The van der Waals surface area contributed by atoms with E-state index in [0.717, 1.165) is 17.1 Å². The summed E-state index contributed by atoms with van der Waals surface area (Å²) >= 11 is 0. The van der Waals surface area contributed by atoms with Gasteiger partial charge in [-0.1, -0.05) is 6.92 Å². The van der Waals surface area contributed by atoms with E-state index in [1.807, 2.05) is 43.5 Å². The molecule has 2 N–H and O–H groups in total. The number of nitriles is 1. The van der Waals surface area contributed by atoms with E-state index < -0.39 is 0 Å². The zero-order valence-electron chi connectivity index (χ0n) is 15.2. The van der Waals surface area contributed by atoms with Crippen molar-refractivity contribution in [1.29, 1.82) is 5.26 Å². The van der Waals surface area contributed by atoms with Crippen LogP contribution >= 0.6 is 0 Å². The fourth-order valence-corrected chi connectivity index (χ4v) is 3.10. The highest BCUT2D eigenvalue weighted by atomic mass is 16.3. The van der Waals surface area contributed by atoms with Gasteiger partial charge in [-0.05, 0) is 63.4 Å². The van der Waals surface area contributed by atoms with E-state index in [2.05, 4.69) is 11.4 Å². The van der Waals surface area contributed by atoms with E-state index in [1.54, 1.807) is 19.1 Å². The molecule has 2 aromatic rings.